The smallest absolute Gasteiger partial charge is 0.339 e. The number of aryl methyl sites for hydroxylation is 3. The number of benzene rings is 3. The minimum absolute atomic E-state index is 0.385. The van der Waals surface area contributed by atoms with Gasteiger partial charge in [0.05, 0.1) is 23.4 Å². The van der Waals surface area contributed by atoms with Crippen LogP contribution in [0.25, 0.3) is 0 Å². The third kappa shape index (κ3) is 4.95. The van der Waals surface area contributed by atoms with Crippen LogP contribution in [0.1, 0.15) is 16.7 Å². The van der Waals surface area contributed by atoms with Crippen molar-refractivity contribution in [2.45, 2.75) is 26.6 Å². The lowest BCUT2D eigenvalue weighted by molar-refractivity contribution is -0.121. The number of anilines is 3. The van der Waals surface area contributed by atoms with Gasteiger partial charge < -0.3 is 9.80 Å². The van der Waals surface area contributed by atoms with Crippen molar-refractivity contribution in [1.82, 2.24) is 9.80 Å². The van der Waals surface area contributed by atoms with Crippen LogP contribution in [0.4, 0.5) is 26.7 Å². The molecule has 0 saturated carbocycles. The molecule has 9 heteroatoms. The first-order valence-corrected chi connectivity index (χ1v) is 12.6. The van der Waals surface area contributed by atoms with Gasteiger partial charge in [-0.05, 0) is 57.2 Å². The van der Waals surface area contributed by atoms with Crippen molar-refractivity contribution in [3.8, 4) is 0 Å². The summed E-state index contributed by atoms with van der Waals surface area (Å²) in [5.74, 6) is -2.77. The van der Waals surface area contributed by atoms with Gasteiger partial charge in [0, 0.05) is 28.2 Å². The van der Waals surface area contributed by atoms with Crippen molar-refractivity contribution in [2.24, 2.45) is 4.99 Å². The van der Waals surface area contributed by atoms with Gasteiger partial charge in [0.25, 0.3) is 0 Å². The predicted octanol–water partition coefficient (Wildman–Crippen LogP) is 5.02. The fraction of sp³-hybridized carbons (Fsp3) is 0.267. The van der Waals surface area contributed by atoms with Crippen LogP contribution in [0.3, 0.4) is 0 Å². The molecule has 9 nitrogen and oxygen atoms in total. The average molecular weight is 527 g/mol. The minimum Gasteiger partial charge on any atom is -0.369 e. The van der Waals surface area contributed by atoms with Crippen LogP contribution in [-0.4, -0.2) is 68.1 Å². The molecule has 0 bridgehead atoms. The lowest BCUT2D eigenvalue weighted by Crippen LogP contribution is -2.65. The van der Waals surface area contributed by atoms with E-state index in [9.17, 15) is 14.4 Å². The summed E-state index contributed by atoms with van der Waals surface area (Å²) in [7, 11) is 6.72. The summed E-state index contributed by atoms with van der Waals surface area (Å²) in [6.45, 7) is 5.80. The first-order valence-electron chi connectivity index (χ1n) is 12.6. The molecule has 39 heavy (non-hydrogen) atoms. The van der Waals surface area contributed by atoms with E-state index in [4.69, 9.17) is 4.99 Å². The van der Waals surface area contributed by atoms with Crippen LogP contribution in [0.2, 0.25) is 0 Å². The van der Waals surface area contributed by atoms with E-state index in [0.29, 0.717) is 17.1 Å². The number of hydrogen-bond acceptors (Lipinski definition) is 4. The molecule has 1 fully saturated rings. The van der Waals surface area contributed by atoms with E-state index in [1.165, 1.54) is 21.0 Å². The van der Waals surface area contributed by atoms with Crippen molar-refractivity contribution in [3.63, 3.8) is 0 Å². The van der Waals surface area contributed by atoms with Crippen LogP contribution in [0.5, 0.6) is 0 Å². The molecule has 4 rings (SSSR count). The number of urea groups is 2. The van der Waals surface area contributed by atoms with E-state index >= 15 is 0 Å². The Hall–Kier alpha value is -4.66. The molecule has 0 spiro atoms. The SMILES string of the molecule is Cc1ccc(N2C(=O)N(c3ccc(C)cc3)C(/N=C/N(C)C)(N(C(=O)N(C)C)c3ccc(C)cc3)C2=O)cc1. The number of aliphatic imine (C=N–C) groups is 1. The molecule has 0 aromatic heterocycles. The molecule has 3 aromatic carbocycles. The number of hydrogen-bond donors (Lipinski definition) is 0. The van der Waals surface area contributed by atoms with E-state index in [2.05, 4.69) is 0 Å². The molecule has 0 aliphatic carbocycles. The highest BCUT2D eigenvalue weighted by atomic mass is 16.2. The molecule has 0 N–H and O–H groups in total. The second-order valence-electron chi connectivity index (χ2n) is 10.1. The van der Waals surface area contributed by atoms with Crippen LogP contribution < -0.4 is 14.7 Å². The normalized spacial score (nSPS) is 17.2. The predicted molar refractivity (Wildman–Crippen MR) is 155 cm³/mol. The Balaban J connectivity index is 2.09. The van der Waals surface area contributed by atoms with Gasteiger partial charge in [-0.2, -0.15) is 0 Å². The molecule has 1 heterocycles. The Kier molecular flexibility index (Phi) is 7.44. The van der Waals surface area contributed by atoms with Gasteiger partial charge in [0.15, 0.2) is 0 Å². The number of amides is 5. The molecule has 1 unspecified atom stereocenters. The standard InChI is InChI=1S/C30H34N6O3/c1-21-8-14-24(15-9-21)34-27(37)30(31-20-32(4)5,36(29(34)39)26-18-12-23(3)13-19-26)35(28(38)33(6)7)25-16-10-22(2)11-17-25/h8-20H,1-7H3/b31-20+. The van der Waals surface area contributed by atoms with E-state index in [-0.39, 0.29) is 0 Å². The second-order valence-corrected chi connectivity index (χ2v) is 10.1. The summed E-state index contributed by atoms with van der Waals surface area (Å²) >= 11 is 0. The Morgan fingerprint density at radius 1 is 0.744 bits per heavy atom. The highest BCUT2D eigenvalue weighted by Gasteiger charge is 2.64. The number of imide groups is 1. The maximum absolute atomic E-state index is 14.7. The van der Waals surface area contributed by atoms with Gasteiger partial charge in [-0.15, -0.1) is 0 Å². The third-order valence-corrected chi connectivity index (χ3v) is 6.42. The Bertz CT molecular complexity index is 1400. The number of rotatable bonds is 6. The van der Waals surface area contributed by atoms with Gasteiger partial charge in [-0.1, -0.05) is 53.1 Å². The Morgan fingerprint density at radius 2 is 1.21 bits per heavy atom. The van der Waals surface area contributed by atoms with Gasteiger partial charge in [0.2, 0.25) is 0 Å². The van der Waals surface area contributed by atoms with Crippen molar-refractivity contribution < 1.29 is 14.4 Å². The Labute approximate surface area is 229 Å². The highest BCUT2D eigenvalue weighted by Crippen LogP contribution is 2.42. The largest absolute Gasteiger partial charge is 0.369 e. The molecule has 1 saturated heterocycles. The first kappa shape index (κ1) is 27.4. The monoisotopic (exact) mass is 526 g/mol. The molecular weight excluding hydrogens is 492 g/mol. The van der Waals surface area contributed by atoms with Crippen LogP contribution >= 0.6 is 0 Å². The van der Waals surface area contributed by atoms with E-state index in [1.54, 1.807) is 69.5 Å². The Morgan fingerprint density at radius 3 is 1.67 bits per heavy atom. The topological polar surface area (TPSA) is 79.8 Å². The number of carbonyl (C=O) groups is 3. The lowest BCUT2D eigenvalue weighted by Gasteiger charge is -2.41. The van der Waals surface area contributed by atoms with Crippen LogP contribution in [0.15, 0.2) is 77.8 Å². The zero-order chi connectivity index (χ0) is 28.5. The molecule has 1 aliphatic rings. The summed E-state index contributed by atoms with van der Waals surface area (Å²) < 4.78 is 0. The van der Waals surface area contributed by atoms with Crippen molar-refractivity contribution in [2.75, 3.05) is 42.9 Å². The highest BCUT2D eigenvalue weighted by molar-refractivity contribution is 6.32. The molecule has 1 aliphatic heterocycles. The molecule has 202 valence electrons. The fourth-order valence-electron chi connectivity index (χ4n) is 4.35. The van der Waals surface area contributed by atoms with Crippen molar-refractivity contribution >= 4 is 41.4 Å². The minimum atomic E-state index is -2.10. The van der Waals surface area contributed by atoms with Gasteiger partial charge >= 0.3 is 23.8 Å². The summed E-state index contributed by atoms with van der Waals surface area (Å²) in [5.41, 5.74) is 4.17. The van der Waals surface area contributed by atoms with Gasteiger partial charge in [-0.3, -0.25) is 4.79 Å². The van der Waals surface area contributed by atoms with E-state index < -0.39 is 23.8 Å². The molecule has 5 amide bonds. The van der Waals surface area contributed by atoms with Crippen LogP contribution in [-0.2, 0) is 4.79 Å². The van der Waals surface area contributed by atoms with Crippen molar-refractivity contribution in [1.29, 1.82) is 0 Å². The number of nitrogens with zero attached hydrogens (tertiary/aromatic N) is 6. The fourth-order valence-corrected chi connectivity index (χ4v) is 4.35. The van der Waals surface area contributed by atoms with Crippen molar-refractivity contribution in [3.05, 3.63) is 89.5 Å². The third-order valence-electron chi connectivity index (χ3n) is 6.42. The summed E-state index contributed by atoms with van der Waals surface area (Å²) in [4.78, 5) is 54.5. The molecule has 3 aromatic rings. The quantitative estimate of drug-likeness (QED) is 0.257. The average Bonchev–Trinajstić information content (AvgIpc) is 3.11. The van der Waals surface area contributed by atoms with E-state index in [1.807, 2.05) is 57.2 Å². The molecular formula is C30H34N6O3. The zero-order valence-electron chi connectivity index (χ0n) is 23.4. The zero-order valence-corrected chi connectivity index (χ0v) is 23.4. The summed E-state index contributed by atoms with van der Waals surface area (Å²) in [5, 5.41) is 0. The van der Waals surface area contributed by atoms with Gasteiger partial charge in [0.1, 0.15) is 0 Å². The van der Waals surface area contributed by atoms with Gasteiger partial charge in [-0.25, -0.2) is 29.3 Å². The number of carbonyl (C=O) groups excluding carboxylic acids is 3. The molecule has 1 atom stereocenters. The first-order chi connectivity index (χ1) is 18.5. The molecule has 0 radical (unpaired) electrons. The maximum Gasteiger partial charge on any atom is 0.339 e. The lowest BCUT2D eigenvalue weighted by atomic mass is 10.1. The van der Waals surface area contributed by atoms with E-state index in [0.717, 1.165) is 21.6 Å². The maximum atomic E-state index is 14.7. The van der Waals surface area contributed by atoms with Crippen LogP contribution in [0, 0.1) is 20.8 Å². The second kappa shape index (κ2) is 10.6. The summed E-state index contributed by atoms with van der Waals surface area (Å²) in [6, 6.07) is 20.4. The summed E-state index contributed by atoms with van der Waals surface area (Å²) in [6.07, 6.45) is 1.45.